The van der Waals surface area contributed by atoms with Crippen molar-refractivity contribution in [2.75, 3.05) is 18.4 Å². The Morgan fingerprint density at radius 1 is 0.922 bits per heavy atom. The van der Waals surface area contributed by atoms with Crippen LogP contribution in [0.3, 0.4) is 0 Å². The highest BCUT2D eigenvalue weighted by Crippen LogP contribution is 2.37. The van der Waals surface area contributed by atoms with Gasteiger partial charge in [-0.1, -0.05) is 29.8 Å². The number of aliphatic imine (C=N–C) groups is 1. The van der Waals surface area contributed by atoms with Gasteiger partial charge in [0.15, 0.2) is 5.96 Å². The normalized spacial score (nSPS) is 18.2. The Balaban J connectivity index is 0.000000543. The molecule has 3 atom stereocenters. The molecule has 1 saturated heterocycles. The van der Waals surface area contributed by atoms with Crippen LogP contribution in [0, 0.1) is 11.7 Å². The van der Waals surface area contributed by atoms with Gasteiger partial charge in [-0.3, -0.25) is 24.3 Å². The van der Waals surface area contributed by atoms with Crippen molar-refractivity contribution in [1.82, 2.24) is 10.2 Å². The number of carbonyl (C=O) groups excluding carboxylic acids is 2. The highest BCUT2D eigenvalue weighted by molar-refractivity contribution is 6.39. The van der Waals surface area contributed by atoms with Crippen molar-refractivity contribution in [1.29, 1.82) is 0 Å². The van der Waals surface area contributed by atoms with E-state index in [1.807, 2.05) is 23.1 Å². The molecule has 1 heterocycles. The van der Waals surface area contributed by atoms with Gasteiger partial charge in [0.05, 0.1) is 11.1 Å². The molecule has 2 amide bonds. The third kappa shape index (κ3) is 12.9. The number of rotatable bonds is 7. The number of nitrogens with two attached hydrogens (primary N) is 2. The van der Waals surface area contributed by atoms with E-state index in [-0.39, 0.29) is 29.1 Å². The third-order valence-electron chi connectivity index (χ3n) is 7.19. The van der Waals surface area contributed by atoms with Crippen molar-refractivity contribution < 1.29 is 70.0 Å². The largest absolute Gasteiger partial charge is 0.490 e. The lowest BCUT2D eigenvalue weighted by Crippen LogP contribution is -2.40. The van der Waals surface area contributed by atoms with E-state index in [1.54, 1.807) is 0 Å². The Hall–Kier alpha value is -5.18. The number of alkyl halides is 6. The number of halogens is 8. The van der Waals surface area contributed by atoms with Crippen molar-refractivity contribution in [3.8, 4) is 0 Å². The number of aliphatic carboxylic acids is 3. The van der Waals surface area contributed by atoms with Gasteiger partial charge in [0, 0.05) is 24.7 Å². The molecule has 0 radical (unpaired) electrons. The Morgan fingerprint density at radius 2 is 1.51 bits per heavy atom. The van der Waals surface area contributed by atoms with Crippen molar-refractivity contribution in [2.24, 2.45) is 22.4 Å². The SMILES string of the molecule is NC(N)=NC[C@H]1Cc2cc(CN3CCC[C@@H]3C(=O)O)ccc2[C@@H]1NC(=O)C(=O)Nc1ccc(Cl)c(F)c1.O=C(O)C(F)(F)F.O=C(O)C(F)(F)F. The first-order chi connectivity index (χ1) is 23.5. The highest BCUT2D eigenvalue weighted by atomic mass is 35.5. The number of fused-ring (bicyclic) bond motifs is 1. The van der Waals surface area contributed by atoms with Crippen LogP contribution < -0.4 is 22.1 Å². The number of benzene rings is 2. The van der Waals surface area contributed by atoms with Crippen molar-refractivity contribution in [3.05, 3.63) is 63.9 Å². The van der Waals surface area contributed by atoms with Gasteiger partial charge in [-0.05, 0) is 60.7 Å². The molecule has 1 aliphatic carbocycles. The van der Waals surface area contributed by atoms with Crippen LogP contribution in [-0.4, -0.2) is 87.4 Å². The molecule has 2 aliphatic rings. The van der Waals surface area contributed by atoms with Gasteiger partial charge in [-0.25, -0.2) is 14.0 Å². The minimum absolute atomic E-state index is 0.0852. The summed E-state index contributed by atoms with van der Waals surface area (Å²) >= 11 is 5.66. The molecule has 9 N–H and O–H groups in total. The summed E-state index contributed by atoms with van der Waals surface area (Å²) in [6.07, 6.45) is -8.15. The number of carboxylic acids is 3. The van der Waals surface area contributed by atoms with Crippen molar-refractivity contribution >= 4 is 53.0 Å². The van der Waals surface area contributed by atoms with Gasteiger partial charge in [-0.2, -0.15) is 26.3 Å². The van der Waals surface area contributed by atoms with E-state index in [9.17, 15) is 50.2 Å². The second-order valence-electron chi connectivity index (χ2n) is 10.9. The first-order valence-electron chi connectivity index (χ1n) is 14.3. The first-order valence-corrected chi connectivity index (χ1v) is 14.7. The smallest absolute Gasteiger partial charge is 0.480 e. The van der Waals surface area contributed by atoms with Crippen LogP contribution in [0.25, 0.3) is 0 Å². The molecule has 2 aromatic rings. The lowest BCUT2D eigenvalue weighted by atomic mass is 10.00. The van der Waals surface area contributed by atoms with E-state index < -0.39 is 60.0 Å². The summed E-state index contributed by atoms with van der Waals surface area (Å²) in [5.74, 6) is -9.21. The van der Waals surface area contributed by atoms with Crippen molar-refractivity contribution in [3.63, 3.8) is 0 Å². The predicted molar refractivity (Wildman–Crippen MR) is 164 cm³/mol. The zero-order valence-corrected chi connectivity index (χ0v) is 26.7. The number of nitrogens with zero attached hydrogens (tertiary/aromatic N) is 2. The molecule has 0 unspecified atom stereocenters. The molecular formula is C29H30ClF7N6O8. The number of nitrogens with one attached hydrogen (secondary N) is 2. The van der Waals surface area contributed by atoms with E-state index in [1.165, 1.54) is 12.1 Å². The fraction of sp³-hybridized carbons (Fsp3) is 0.379. The zero-order chi connectivity index (χ0) is 38.8. The fourth-order valence-corrected chi connectivity index (χ4v) is 5.10. The van der Waals surface area contributed by atoms with Gasteiger partial charge in [0.25, 0.3) is 0 Å². The molecule has 0 bridgehead atoms. The molecular weight excluding hydrogens is 729 g/mol. The Labute approximate surface area is 288 Å². The third-order valence-corrected chi connectivity index (χ3v) is 7.50. The maximum Gasteiger partial charge on any atom is 0.490 e. The maximum absolute atomic E-state index is 13.7. The van der Waals surface area contributed by atoms with Gasteiger partial charge in [0.2, 0.25) is 0 Å². The number of amides is 2. The Bertz CT molecular complexity index is 1630. The average molecular weight is 759 g/mol. The molecule has 0 aromatic heterocycles. The molecule has 22 heteroatoms. The summed E-state index contributed by atoms with van der Waals surface area (Å²) in [7, 11) is 0. The number of carboxylic acid groups (broad SMARTS) is 3. The van der Waals surface area contributed by atoms with Crippen LogP contribution in [0.15, 0.2) is 41.4 Å². The van der Waals surface area contributed by atoms with Gasteiger partial charge in [0.1, 0.15) is 11.9 Å². The van der Waals surface area contributed by atoms with Crippen LogP contribution in [0.1, 0.15) is 35.6 Å². The summed E-state index contributed by atoms with van der Waals surface area (Å²) in [6, 6.07) is 8.43. The summed E-state index contributed by atoms with van der Waals surface area (Å²) in [6.45, 7) is 1.45. The number of likely N-dealkylation sites (tertiary alicyclic amines) is 1. The minimum Gasteiger partial charge on any atom is -0.480 e. The molecule has 51 heavy (non-hydrogen) atoms. The quantitative estimate of drug-likeness (QED) is 0.0938. The van der Waals surface area contributed by atoms with Crippen LogP contribution in [0.4, 0.5) is 36.4 Å². The first kappa shape index (κ1) is 42.0. The minimum atomic E-state index is -5.08. The van der Waals surface area contributed by atoms with Crippen LogP contribution in [0.5, 0.6) is 0 Å². The summed E-state index contributed by atoms with van der Waals surface area (Å²) in [5.41, 5.74) is 13.9. The number of carbonyl (C=O) groups is 5. The summed E-state index contributed by atoms with van der Waals surface area (Å²) < 4.78 is 77.2. The fourth-order valence-electron chi connectivity index (χ4n) is 4.98. The van der Waals surface area contributed by atoms with Gasteiger partial charge < -0.3 is 37.4 Å². The Morgan fingerprint density at radius 3 is 2.02 bits per heavy atom. The molecule has 0 saturated carbocycles. The van der Waals surface area contributed by atoms with E-state index in [0.717, 1.165) is 29.2 Å². The van der Waals surface area contributed by atoms with E-state index >= 15 is 0 Å². The molecule has 0 spiro atoms. The van der Waals surface area contributed by atoms with Gasteiger partial charge >= 0.3 is 42.1 Å². The predicted octanol–water partition coefficient (Wildman–Crippen LogP) is 3.04. The molecule has 1 fully saturated rings. The molecule has 1 aliphatic heterocycles. The molecule has 280 valence electrons. The second kappa shape index (κ2) is 17.7. The van der Waals surface area contributed by atoms with E-state index in [2.05, 4.69) is 15.6 Å². The highest BCUT2D eigenvalue weighted by Gasteiger charge is 2.39. The van der Waals surface area contributed by atoms with Crippen LogP contribution in [0.2, 0.25) is 5.02 Å². The number of anilines is 1. The lowest BCUT2D eigenvalue weighted by Gasteiger charge is -2.22. The topological polar surface area (TPSA) is 238 Å². The second-order valence-corrected chi connectivity index (χ2v) is 11.3. The molecule has 4 rings (SSSR count). The zero-order valence-electron chi connectivity index (χ0n) is 25.9. The average Bonchev–Trinajstić information content (AvgIpc) is 3.61. The molecule has 2 aromatic carbocycles. The van der Waals surface area contributed by atoms with Crippen molar-refractivity contribution in [2.45, 2.75) is 50.2 Å². The summed E-state index contributed by atoms with van der Waals surface area (Å²) in [5, 5.41) is 28.7. The number of guanidine groups is 1. The molecule has 14 nitrogen and oxygen atoms in total. The van der Waals surface area contributed by atoms with Crippen LogP contribution >= 0.6 is 11.6 Å². The number of hydrogen-bond donors (Lipinski definition) is 7. The van der Waals surface area contributed by atoms with Gasteiger partial charge in [-0.15, -0.1) is 0 Å². The van der Waals surface area contributed by atoms with E-state index in [4.69, 9.17) is 42.9 Å². The van der Waals surface area contributed by atoms with E-state index in [0.29, 0.717) is 25.9 Å². The maximum atomic E-state index is 13.7. The Kier molecular flexibility index (Phi) is 14.5. The standard InChI is InChI=1S/C25H28ClFN6O4.2C2HF3O2/c26-18-6-4-16(10-19(18)27)31-22(34)23(35)32-21-15(11-30-25(28)29)9-14-8-13(3-5-17(14)21)12-33-7-1-2-20(33)24(36)37;2*3-2(4,5)1(6)7/h3-6,8,10,15,20-21H,1-2,7,9,11-12H2,(H,31,34)(H,32,35)(H,36,37)(H4,28,29,30);2*(H,6,7)/t15-,20-,21-;;/m1../s1. The number of hydrogen-bond acceptors (Lipinski definition) is 7. The lowest BCUT2D eigenvalue weighted by molar-refractivity contribution is -0.193. The monoisotopic (exact) mass is 758 g/mol. The van der Waals surface area contributed by atoms with Crippen LogP contribution in [-0.2, 0) is 36.9 Å². The summed E-state index contributed by atoms with van der Waals surface area (Å²) in [4.78, 5) is 60.6.